The lowest BCUT2D eigenvalue weighted by atomic mass is 10.2. The second-order valence-electron chi connectivity index (χ2n) is 13.5. The van der Waals surface area contributed by atoms with Crippen LogP contribution in [0.2, 0.25) is 39.3 Å². The van der Waals surface area contributed by atoms with Crippen LogP contribution in [0.15, 0.2) is 77.3 Å². The molecule has 56 heavy (non-hydrogen) atoms. The molecule has 0 radical (unpaired) electrons. The summed E-state index contributed by atoms with van der Waals surface area (Å²) in [6.07, 6.45) is 12.9. The van der Waals surface area contributed by atoms with Gasteiger partial charge in [-0.2, -0.15) is 0 Å². The molecule has 0 spiro atoms. The number of hydrogen-bond donors (Lipinski definition) is 0. The second-order valence-corrected chi connectivity index (χ2v) is 23.9. The molecule has 0 bridgehead atoms. The predicted octanol–water partition coefficient (Wildman–Crippen LogP) is 7.98. The molecule has 1 aliphatic rings. The Morgan fingerprint density at radius 1 is 0.607 bits per heavy atom. The molecule has 0 aliphatic carbocycles. The highest BCUT2D eigenvalue weighted by molar-refractivity contribution is 9.10. The number of methoxy groups -OCH3 is 3. The van der Waals surface area contributed by atoms with E-state index in [-0.39, 0.29) is 25.8 Å². The van der Waals surface area contributed by atoms with E-state index in [1.54, 1.807) is 48.5 Å². The molecular formula is C43H55BrO10Si2. The van der Waals surface area contributed by atoms with Crippen molar-refractivity contribution in [3.05, 3.63) is 88.4 Å². The maximum atomic E-state index is 10.9. The number of hydrogen-bond acceptors (Lipinski definition) is 10. The molecule has 0 atom stereocenters. The maximum Gasteiger partial charge on any atom is 0.343 e. The van der Waals surface area contributed by atoms with Crippen molar-refractivity contribution in [1.82, 2.24) is 0 Å². The Bertz CT molecular complexity index is 1710. The molecule has 0 N–H and O–H groups in total. The summed E-state index contributed by atoms with van der Waals surface area (Å²) in [4.78, 5) is 32.3. The Balaban J connectivity index is 0.000000719. The number of rotatable bonds is 9. The normalized spacial score (nSPS) is 10.9. The summed E-state index contributed by atoms with van der Waals surface area (Å²) >= 11 is 3.29. The topological polar surface area (TPSA) is 116 Å². The molecule has 0 unspecified atom stereocenters. The third-order valence-electron chi connectivity index (χ3n) is 6.28. The summed E-state index contributed by atoms with van der Waals surface area (Å²) < 4.78 is 34.7. The Kier molecular flexibility index (Phi) is 26.7. The SMILES string of the molecule is C#C[Si](C)(C)C.C#Cc1ccc(OCC(=O)OC)cc1.C1CCOC1.COC(=O)COc1ccc(Br)cc1.COC(=O)COc1ccc(C#C[Si](C)(C)C)cc1. The second kappa shape index (κ2) is 29.3. The van der Waals surface area contributed by atoms with Gasteiger partial charge in [0.25, 0.3) is 0 Å². The molecule has 13 heteroatoms. The van der Waals surface area contributed by atoms with Crippen molar-refractivity contribution in [1.29, 1.82) is 0 Å². The van der Waals surface area contributed by atoms with Gasteiger partial charge in [0.05, 0.1) is 21.3 Å². The van der Waals surface area contributed by atoms with Crippen LogP contribution >= 0.6 is 15.9 Å². The van der Waals surface area contributed by atoms with Crippen molar-refractivity contribution >= 4 is 50.0 Å². The van der Waals surface area contributed by atoms with E-state index in [0.717, 1.165) is 28.8 Å². The van der Waals surface area contributed by atoms with Crippen molar-refractivity contribution < 1.29 is 47.5 Å². The first-order valence-electron chi connectivity index (χ1n) is 17.5. The highest BCUT2D eigenvalue weighted by Crippen LogP contribution is 2.16. The monoisotopic (exact) mass is 866 g/mol. The molecule has 10 nitrogen and oxygen atoms in total. The van der Waals surface area contributed by atoms with Gasteiger partial charge in [-0.05, 0) is 85.6 Å². The van der Waals surface area contributed by atoms with Crippen molar-refractivity contribution in [3.63, 3.8) is 0 Å². The van der Waals surface area contributed by atoms with Crippen LogP contribution in [0.25, 0.3) is 0 Å². The van der Waals surface area contributed by atoms with Crippen LogP contribution in [0.5, 0.6) is 17.2 Å². The van der Waals surface area contributed by atoms with Gasteiger partial charge in [-0.15, -0.1) is 23.9 Å². The van der Waals surface area contributed by atoms with Crippen molar-refractivity contribution in [2.45, 2.75) is 52.1 Å². The van der Waals surface area contributed by atoms with Gasteiger partial charge in [-0.25, -0.2) is 14.4 Å². The van der Waals surface area contributed by atoms with E-state index in [1.807, 2.05) is 24.3 Å². The Hall–Kier alpha value is -4.98. The molecule has 0 amide bonds. The molecule has 3 aromatic carbocycles. The number of ether oxygens (including phenoxy) is 7. The first-order valence-corrected chi connectivity index (χ1v) is 25.3. The summed E-state index contributed by atoms with van der Waals surface area (Å²) in [5.74, 6) is 6.32. The number of carbonyl (C=O) groups is 3. The molecule has 0 saturated carbocycles. The third kappa shape index (κ3) is 29.4. The van der Waals surface area contributed by atoms with E-state index in [0.29, 0.717) is 17.2 Å². The molecule has 302 valence electrons. The fourth-order valence-corrected chi connectivity index (χ4v) is 3.97. The van der Waals surface area contributed by atoms with Crippen LogP contribution in [0.3, 0.4) is 0 Å². The summed E-state index contributed by atoms with van der Waals surface area (Å²) in [6.45, 7) is 14.8. The van der Waals surface area contributed by atoms with E-state index < -0.39 is 28.1 Å². The van der Waals surface area contributed by atoms with Gasteiger partial charge in [-0.1, -0.05) is 67.1 Å². The van der Waals surface area contributed by atoms with Crippen molar-refractivity contribution in [2.75, 3.05) is 54.4 Å². The fourth-order valence-electron chi connectivity index (χ4n) is 3.19. The summed E-state index contributed by atoms with van der Waals surface area (Å²) in [6, 6.07) is 21.5. The van der Waals surface area contributed by atoms with Crippen LogP contribution in [-0.4, -0.2) is 88.4 Å². The first kappa shape index (κ1) is 51.0. The van der Waals surface area contributed by atoms with Gasteiger partial charge in [0.15, 0.2) is 19.8 Å². The largest absolute Gasteiger partial charge is 0.482 e. The Morgan fingerprint density at radius 2 is 0.946 bits per heavy atom. The molecule has 1 heterocycles. The number of benzene rings is 3. The zero-order valence-electron chi connectivity index (χ0n) is 34.0. The van der Waals surface area contributed by atoms with E-state index in [9.17, 15) is 14.4 Å². The van der Waals surface area contributed by atoms with Gasteiger partial charge < -0.3 is 33.2 Å². The van der Waals surface area contributed by atoms with Crippen molar-refractivity contribution in [3.8, 4) is 53.0 Å². The Morgan fingerprint density at radius 3 is 1.21 bits per heavy atom. The number of terminal acetylenes is 2. The van der Waals surface area contributed by atoms with E-state index >= 15 is 0 Å². The zero-order chi connectivity index (χ0) is 42.4. The highest BCUT2D eigenvalue weighted by atomic mass is 79.9. The summed E-state index contributed by atoms with van der Waals surface area (Å²) in [5.41, 5.74) is 7.77. The van der Waals surface area contributed by atoms with Gasteiger partial charge in [-0.3, -0.25) is 0 Å². The van der Waals surface area contributed by atoms with Crippen molar-refractivity contribution in [2.24, 2.45) is 0 Å². The molecule has 1 saturated heterocycles. The average Bonchev–Trinajstić information content (AvgIpc) is 3.79. The van der Waals surface area contributed by atoms with Crippen LogP contribution < -0.4 is 14.2 Å². The van der Waals surface area contributed by atoms with Crippen LogP contribution in [0, 0.1) is 35.8 Å². The third-order valence-corrected chi connectivity index (χ3v) is 8.55. The minimum Gasteiger partial charge on any atom is -0.482 e. The smallest absolute Gasteiger partial charge is 0.343 e. The standard InChI is InChI=1S/C14H18O3Si.C11H10O3.C9H9BrO3.C5H10Si.C4H8O/c1-16-14(15)11-17-13-7-5-12(6-8-13)9-10-18(2,3)4;1-3-9-4-6-10(7-5-9)14-8-11(12)13-2;1-12-9(11)6-13-8-4-2-7(10)3-5-8;1-5-6(2,3)4;1-2-4-5-3-1/h5-8H,11H2,1-4H3;1,4-7H,8H2,2H3;2-5H,6H2,1H3;1H,2-4H3;1-4H2. The number of halogens is 1. The number of carbonyl (C=O) groups excluding carboxylic acids is 3. The lowest BCUT2D eigenvalue weighted by Crippen LogP contribution is -2.16. The Labute approximate surface area is 344 Å². The minimum atomic E-state index is -1.34. The van der Waals surface area contributed by atoms with Crippen LogP contribution in [0.1, 0.15) is 24.0 Å². The highest BCUT2D eigenvalue weighted by Gasteiger charge is 2.08. The molecule has 3 aromatic rings. The van der Waals surface area contributed by atoms with E-state index in [4.69, 9.17) is 31.8 Å². The predicted molar refractivity (Wildman–Crippen MR) is 230 cm³/mol. The molecule has 1 aliphatic heterocycles. The van der Waals surface area contributed by atoms with Gasteiger partial charge >= 0.3 is 17.9 Å². The molecule has 1 fully saturated rings. The number of esters is 3. The van der Waals surface area contributed by atoms with E-state index in [1.165, 1.54) is 34.2 Å². The minimum absolute atomic E-state index is 0.0574. The summed E-state index contributed by atoms with van der Waals surface area (Å²) in [5, 5.41) is 0. The van der Waals surface area contributed by atoms with Crippen LogP contribution in [0.4, 0.5) is 0 Å². The van der Waals surface area contributed by atoms with Gasteiger partial charge in [0.1, 0.15) is 33.4 Å². The maximum absolute atomic E-state index is 10.9. The zero-order valence-corrected chi connectivity index (χ0v) is 37.6. The van der Waals surface area contributed by atoms with Gasteiger partial charge in [0, 0.05) is 28.8 Å². The molecular weight excluding hydrogens is 813 g/mol. The lowest BCUT2D eigenvalue weighted by Gasteiger charge is -2.05. The van der Waals surface area contributed by atoms with Gasteiger partial charge in [0.2, 0.25) is 0 Å². The fraction of sp³-hybridized carbons (Fsp3) is 0.372. The van der Waals surface area contributed by atoms with Crippen LogP contribution in [-0.2, 0) is 33.3 Å². The molecule has 0 aromatic heterocycles. The first-order chi connectivity index (χ1) is 26.4. The lowest BCUT2D eigenvalue weighted by molar-refractivity contribution is -0.143. The molecule has 4 rings (SSSR count). The quantitative estimate of drug-likeness (QED) is 0.0908. The van der Waals surface area contributed by atoms with E-state index in [2.05, 4.69) is 92.4 Å². The summed E-state index contributed by atoms with van der Waals surface area (Å²) in [7, 11) is 1.53. The average molecular weight is 868 g/mol.